The van der Waals surface area contributed by atoms with Gasteiger partial charge in [0.25, 0.3) is 5.56 Å². The van der Waals surface area contributed by atoms with Gasteiger partial charge in [-0.2, -0.15) is 0 Å². The number of aromatic nitrogens is 2. The summed E-state index contributed by atoms with van der Waals surface area (Å²) in [4.78, 5) is 29.6. The summed E-state index contributed by atoms with van der Waals surface area (Å²) < 4.78 is 15.2. The molecule has 41 heavy (non-hydrogen) atoms. The average molecular weight is 617 g/mol. The second-order valence-electron chi connectivity index (χ2n) is 14.5. The van der Waals surface area contributed by atoms with Crippen LogP contribution in [0, 0.1) is 11.8 Å². The highest BCUT2D eigenvalue weighted by molar-refractivity contribution is 7.99. The van der Waals surface area contributed by atoms with Gasteiger partial charge in [-0.05, 0) is 67.2 Å². The zero-order valence-electron chi connectivity index (χ0n) is 27.1. The van der Waals surface area contributed by atoms with Crippen LogP contribution in [0.5, 0.6) is 0 Å². The molecule has 9 heteroatoms. The van der Waals surface area contributed by atoms with Gasteiger partial charge >= 0.3 is 5.69 Å². The topological polar surface area (TPSA) is 73.3 Å². The van der Waals surface area contributed by atoms with Gasteiger partial charge in [0.2, 0.25) is 0 Å². The minimum absolute atomic E-state index is 0.134. The number of aromatic amines is 1. The monoisotopic (exact) mass is 616 g/mol. The number of H-pyrrole nitrogens is 1. The molecule has 0 spiro atoms. The molecule has 1 heterocycles. The van der Waals surface area contributed by atoms with Crippen LogP contribution in [0.25, 0.3) is 0 Å². The van der Waals surface area contributed by atoms with Gasteiger partial charge in [-0.1, -0.05) is 90.1 Å². The van der Waals surface area contributed by atoms with Crippen molar-refractivity contribution in [2.24, 2.45) is 11.8 Å². The average Bonchev–Trinajstić information content (AvgIpc) is 3.25. The van der Waals surface area contributed by atoms with Crippen LogP contribution in [0.4, 0.5) is 0 Å². The van der Waals surface area contributed by atoms with E-state index in [4.69, 9.17) is 8.85 Å². The molecule has 2 unspecified atom stereocenters. The van der Waals surface area contributed by atoms with E-state index in [9.17, 15) is 9.59 Å². The lowest BCUT2D eigenvalue weighted by molar-refractivity contribution is 0.160. The first-order chi connectivity index (χ1) is 18.9. The zero-order valence-corrected chi connectivity index (χ0v) is 30.0. The molecule has 2 atom stereocenters. The van der Waals surface area contributed by atoms with Crippen LogP contribution in [0.15, 0.2) is 61.5 Å². The van der Waals surface area contributed by atoms with E-state index in [1.807, 2.05) is 37.3 Å². The molecule has 0 fully saturated rings. The van der Waals surface area contributed by atoms with Crippen molar-refractivity contribution in [2.45, 2.75) is 114 Å². The fraction of sp³-hybridized carbons (Fsp3) is 0.625. The molecule has 6 nitrogen and oxygen atoms in total. The lowest BCUT2D eigenvalue weighted by Crippen LogP contribution is -2.44. The highest BCUT2D eigenvalue weighted by atomic mass is 32.2. The Morgan fingerprint density at radius 1 is 0.927 bits per heavy atom. The maximum absolute atomic E-state index is 13.2. The Balaban J connectivity index is 1.94. The quantitative estimate of drug-likeness (QED) is 0.158. The Hall–Kier alpha value is -1.66. The fourth-order valence-electron chi connectivity index (χ4n) is 4.50. The van der Waals surface area contributed by atoms with E-state index in [0.29, 0.717) is 37.7 Å². The first kappa shape index (κ1) is 33.8. The van der Waals surface area contributed by atoms with Crippen LogP contribution in [-0.2, 0) is 21.8 Å². The minimum atomic E-state index is -1.93. The molecule has 3 rings (SSSR count). The molecule has 0 aliphatic heterocycles. The molecule has 0 saturated carbocycles. The second kappa shape index (κ2) is 12.9. The van der Waals surface area contributed by atoms with Crippen LogP contribution in [0.1, 0.15) is 60.5 Å². The maximum Gasteiger partial charge on any atom is 0.329 e. The summed E-state index contributed by atoms with van der Waals surface area (Å²) in [5.74, 6) is 0.511. The van der Waals surface area contributed by atoms with E-state index in [-0.39, 0.29) is 27.2 Å². The van der Waals surface area contributed by atoms with Gasteiger partial charge in [0.15, 0.2) is 16.6 Å². The molecule has 1 aliphatic carbocycles. The van der Waals surface area contributed by atoms with Crippen LogP contribution >= 0.6 is 11.8 Å². The Labute approximate surface area is 253 Å². The Morgan fingerprint density at radius 3 is 2.02 bits per heavy atom. The van der Waals surface area contributed by atoms with Gasteiger partial charge in [0.1, 0.15) is 0 Å². The van der Waals surface area contributed by atoms with E-state index >= 15 is 0 Å². The number of nitrogens with one attached hydrogen (secondary N) is 1. The summed E-state index contributed by atoms with van der Waals surface area (Å²) in [6.07, 6.45) is 3.73. The summed E-state index contributed by atoms with van der Waals surface area (Å²) in [5, 5.41) is 0.996. The zero-order chi connectivity index (χ0) is 30.8. The standard InChI is InChI=1S/C32H52N2O4SSi2/c1-12-27-28(35)33-30(36)34(29(27)39-26-16-14-13-15-17-26)20-23-18-24(21-37-40(8,9)31(2,3)4)25(19-23)22-38-41(10,11)32(5,6)7/h13-18,24-25H,12,19-22H2,1-11H3,(H,33,35,36). The van der Waals surface area contributed by atoms with Crippen molar-refractivity contribution >= 4 is 28.4 Å². The van der Waals surface area contributed by atoms with Crippen molar-refractivity contribution in [2.75, 3.05) is 13.2 Å². The predicted octanol–water partition coefficient (Wildman–Crippen LogP) is 7.86. The van der Waals surface area contributed by atoms with Crippen molar-refractivity contribution in [3.8, 4) is 0 Å². The number of hydrogen-bond acceptors (Lipinski definition) is 5. The summed E-state index contributed by atoms with van der Waals surface area (Å²) in [5.41, 5.74) is 1.19. The fourth-order valence-corrected chi connectivity index (χ4v) is 7.74. The van der Waals surface area contributed by atoms with Gasteiger partial charge in [-0.3, -0.25) is 14.3 Å². The molecule has 0 bridgehead atoms. The van der Waals surface area contributed by atoms with Gasteiger partial charge in [0.05, 0.1) is 5.03 Å². The number of hydrogen-bond donors (Lipinski definition) is 1. The molecule has 1 N–H and O–H groups in total. The molecule has 0 saturated heterocycles. The van der Waals surface area contributed by atoms with Gasteiger partial charge in [0, 0.05) is 36.1 Å². The summed E-state index contributed by atoms with van der Waals surface area (Å²) in [7, 11) is -3.85. The van der Waals surface area contributed by atoms with E-state index in [2.05, 4.69) is 78.8 Å². The van der Waals surface area contributed by atoms with Crippen molar-refractivity contribution in [1.82, 2.24) is 9.55 Å². The normalized spacial score (nSPS) is 18.6. The number of nitrogens with zero attached hydrogens (tertiary/aromatic N) is 1. The van der Waals surface area contributed by atoms with Crippen molar-refractivity contribution in [3.63, 3.8) is 0 Å². The maximum atomic E-state index is 13.2. The van der Waals surface area contributed by atoms with E-state index in [1.54, 1.807) is 4.57 Å². The number of allylic oxidation sites excluding steroid dienone is 1. The van der Waals surface area contributed by atoms with Crippen molar-refractivity contribution in [3.05, 3.63) is 68.4 Å². The first-order valence-corrected chi connectivity index (χ1v) is 21.6. The molecule has 1 aromatic carbocycles. The second-order valence-corrected chi connectivity index (χ2v) is 25.2. The molecule has 2 aromatic rings. The Bertz CT molecular complexity index is 1330. The van der Waals surface area contributed by atoms with Crippen LogP contribution in [-0.4, -0.2) is 39.4 Å². The lowest BCUT2D eigenvalue weighted by Gasteiger charge is -2.39. The molecular formula is C32H52N2O4SSi2. The van der Waals surface area contributed by atoms with Crippen LogP contribution in [0.2, 0.25) is 36.3 Å². The van der Waals surface area contributed by atoms with E-state index in [1.165, 1.54) is 17.3 Å². The molecule has 1 aromatic heterocycles. The minimum Gasteiger partial charge on any atom is -0.417 e. The molecule has 0 radical (unpaired) electrons. The first-order valence-electron chi connectivity index (χ1n) is 14.9. The third-order valence-electron chi connectivity index (χ3n) is 9.40. The van der Waals surface area contributed by atoms with Gasteiger partial charge < -0.3 is 8.85 Å². The van der Waals surface area contributed by atoms with Gasteiger partial charge in [-0.25, -0.2) is 4.79 Å². The van der Waals surface area contributed by atoms with Crippen LogP contribution in [0.3, 0.4) is 0 Å². The lowest BCUT2D eigenvalue weighted by atomic mass is 9.97. The smallest absolute Gasteiger partial charge is 0.329 e. The molecule has 1 aliphatic rings. The Kier molecular flexibility index (Phi) is 10.7. The van der Waals surface area contributed by atoms with Crippen LogP contribution < -0.4 is 11.2 Å². The third kappa shape index (κ3) is 8.25. The number of benzene rings is 1. The summed E-state index contributed by atoms with van der Waals surface area (Å²) in [6, 6.07) is 9.94. The van der Waals surface area contributed by atoms with Crippen molar-refractivity contribution < 1.29 is 8.85 Å². The van der Waals surface area contributed by atoms with E-state index in [0.717, 1.165) is 16.3 Å². The van der Waals surface area contributed by atoms with E-state index < -0.39 is 16.6 Å². The predicted molar refractivity (Wildman–Crippen MR) is 177 cm³/mol. The highest BCUT2D eigenvalue weighted by Gasteiger charge is 2.41. The van der Waals surface area contributed by atoms with Crippen molar-refractivity contribution in [1.29, 1.82) is 0 Å². The third-order valence-corrected chi connectivity index (χ3v) is 19.6. The summed E-state index contributed by atoms with van der Waals surface area (Å²) >= 11 is 1.49. The van der Waals surface area contributed by atoms with Gasteiger partial charge in [-0.15, -0.1) is 0 Å². The molecule has 0 amide bonds. The summed E-state index contributed by atoms with van der Waals surface area (Å²) in [6.45, 7) is 26.6. The molecule has 228 valence electrons. The largest absolute Gasteiger partial charge is 0.417 e. The highest BCUT2D eigenvalue weighted by Crippen LogP contribution is 2.41. The SMILES string of the molecule is CCc1c(Sc2ccccc2)n(CC2=CC(CO[Si](C)(C)C(C)(C)C)C(CO[Si](C)(C)C(C)(C)C)C2)c(=O)[nH]c1=O. The molecular weight excluding hydrogens is 565 g/mol. The Morgan fingerprint density at radius 2 is 1.49 bits per heavy atom. The number of rotatable bonds is 11.